The fourth-order valence-corrected chi connectivity index (χ4v) is 4.95. The first-order valence-corrected chi connectivity index (χ1v) is 11.1. The first-order chi connectivity index (χ1) is 13.2. The number of anilines is 1. The molecule has 0 fully saturated rings. The fraction of sp³-hybridized carbons (Fsp3) is 0.235. The molecule has 0 aliphatic carbocycles. The van der Waals surface area contributed by atoms with Gasteiger partial charge in [0.2, 0.25) is 5.13 Å². The van der Waals surface area contributed by atoms with Crippen molar-refractivity contribution in [1.29, 1.82) is 0 Å². The van der Waals surface area contributed by atoms with Gasteiger partial charge in [0.1, 0.15) is 0 Å². The van der Waals surface area contributed by atoms with Crippen LogP contribution < -0.4 is 5.32 Å². The molecule has 27 heavy (non-hydrogen) atoms. The summed E-state index contributed by atoms with van der Waals surface area (Å²) in [6, 6.07) is 5.77. The number of hydrogen-bond donors (Lipinski definition) is 1. The molecule has 10 heteroatoms. The summed E-state index contributed by atoms with van der Waals surface area (Å²) in [7, 11) is 0. The van der Waals surface area contributed by atoms with Gasteiger partial charge in [-0.15, -0.1) is 21.5 Å². The van der Waals surface area contributed by atoms with Crippen molar-refractivity contribution in [2.75, 3.05) is 11.1 Å². The summed E-state index contributed by atoms with van der Waals surface area (Å²) in [6.45, 7) is 4.73. The highest BCUT2D eigenvalue weighted by atomic mass is 32.2. The van der Waals surface area contributed by atoms with Gasteiger partial charge >= 0.3 is 0 Å². The number of carbonyl (C=O) groups is 1. The first kappa shape index (κ1) is 18.1. The van der Waals surface area contributed by atoms with Gasteiger partial charge in [0.05, 0.1) is 27.7 Å². The van der Waals surface area contributed by atoms with E-state index in [4.69, 9.17) is 4.98 Å². The van der Waals surface area contributed by atoms with Crippen molar-refractivity contribution >= 4 is 56.5 Å². The van der Waals surface area contributed by atoms with Gasteiger partial charge in [-0.25, -0.2) is 9.67 Å². The minimum absolute atomic E-state index is 0.236. The summed E-state index contributed by atoms with van der Waals surface area (Å²) in [4.78, 5) is 18.7. The van der Waals surface area contributed by atoms with Crippen LogP contribution in [-0.2, 0) is 6.54 Å². The molecule has 0 unspecified atom stereocenters. The highest BCUT2D eigenvalue weighted by Gasteiger charge is 2.19. The summed E-state index contributed by atoms with van der Waals surface area (Å²) in [5, 5.41) is 18.6. The third kappa shape index (κ3) is 3.60. The Morgan fingerprint density at radius 1 is 1.33 bits per heavy atom. The van der Waals surface area contributed by atoms with E-state index < -0.39 is 0 Å². The molecule has 0 saturated carbocycles. The van der Waals surface area contributed by atoms with Gasteiger partial charge in [0, 0.05) is 6.54 Å². The number of carbonyl (C=O) groups excluding carboxylic acids is 1. The van der Waals surface area contributed by atoms with Gasteiger partial charge in [0.15, 0.2) is 9.99 Å². The summed E-state index contributed by atoms with van der Waals surface area (Å²) in [5.74, 6) is 0.675. The highest BCUT2D eigenvalue weighted by Crippen LogP contribution is 2.29. The molecule has 1 amide bonds. The van der Waals surface area contributed by atoms with E-state index in [1.165, 1.54) is 11.3 Å². The fourth-order valence-electron chi connectivity index (χ4n) is 2.62. The number of nitrogens with zero attached hydrogens (tertiary/aromatic N) is 5. The van der Waals surface area contributed by atoms with Crippen LogP contribution in [0.4, 0.5) is 5.13 Å². The Balaban J connectivity index is 1.74. The van der Waals surface area contributed by atoms with E-state index in [1.54, 1.807) is 34.0 Å². The number of fused-ring (bicyclic) bond motifs is 1. The Kier molecular flexibility index (Phi) is 5.19. The van der Waals surface area contributed by atoms with E-state index in [9.17, 15) is 4.79 Å². The summed E-state index contributed by atoms with van der Waals surface area (Å²) >= 11 is 4.56. The van der Waals surface area contributed by atoms with Gasteiger partial charge in [-0.3, -0.25) is 10.1 Å². The van der Waals surface area contributed by atoms with Crippen LogP contribution in [0.1, 0.15) is 24.2 Å². The van der Waals surface area contributed by atoms with Gasteiger partial charge in [0.25, 0.3) is 5.91 Å². The molecule has 7 nitrogen and oxygen atoms in total. The predicted molar refractivity (Wildman–Crippen MR) is 111 cm³/mol. The lowest BCUT2D eigenvalue weighted by Crippen LogP contribution is -2.13. The maximum atomic E-state index is 13.0. The number of hydrogen-bond acceptors (Lipinski definition) is 8. The molecule has 0 radical (unpaired) electrons. The smallest absolute Gasteiger partial charge is 0.258 e. The molecular weight excluding hydrogens is 400 g/mol. The summed E-state index contributed by atoms with van der Waals surface area (Å²) < 4.78 is 2.63. The molecule has 0 saturated heterocycles. The Hall–Kier alpha value is -2.30. The largest absolute Gasteiger partial charge is 0.296 e. The molecule has 4 rings (SSSR count). The molecule has 0 aliphatic heterocycles. The second kappa shape index (κ2) is 7.75. The Bertz CT molecular complexity index is 1090. The number of aromatic nitrogens is 5. The topological polar surface area (TPSA) is 85.6 Å². The lowest BCUT2D eigenvalue weighted by Gasteiger charge is -2.07. The molecule has 0 bridgehead atoms. The lowest BCUT2D eigenvalue weighted by atomic mass is 10.1. The quantitative estimate of drug-likeness (QED) is 0.370. The van der Waals surface area contributed by atoms with E-state index in [0.717, 1.165) is 26.0 Å². The number of rotatable bonds is 6. The molecule has 0 aliphatic rings. The van der Waals surface area contributed by atoms with Gasteiger partial charge in [-0.1, -0.05) is 36.1 Å². The van der Waals surface area contributed by atoms with Gasteiger partial charge < -0.3 is 0 Å². The molecule has 4 heterocycles. The van der Waals surface area contributed by atoms with Crippen molar-refractivity contribution in [2.24, 2.45) is 0 Å². The van der Waals surface area contributed by atoms with Crippen molar-refractivity contribution in [1.82, 2.24) is 25.0 Å². The van der Waals surface area contributed by atoms with E-state index in [-0.39, 0.29) is 5.91 Å². The van der Waals surface area contributed by atoms with Gasteiger partial charge in [-0.2, -0.15) is 5.10 Å². The van der Waals surface area contributed by atoms with Crippen molar-refractivity contribution in [2.45, 2.75) is 24.7 Å². The third-order valence-corrected chi connectivity index (χ3v) is 6.57. The number of amides is 1. The zero-order valence-corrected chi connectivity index (χ0v) is 17.1. The second-order valence-electron chi connectivity index (χ2n) is 5.49. The predicted octanol–water partition coefficient (Wildman–Crippen LogP) is 4.40. The SMILES string of the molecule is CCSc1nnc(NC(=O)c2cc(-c3cccs3)nc3c2cnn3CC)s1. The Labute approximate surface area is 167 Å². The van der Waals surface area contributed by atoms with Crippen molar-refractivity contribution in [3.63, 3.8) is 0 Å². The zero-order chi connectivity index (χ0) is 18.8. The molecule has 0 atom stereocenters. The molecule has 1 N–H and O–H groups in total. The maximum absolute atomic E-state index is 13.0. The zero-order valence-electron chi connectivity index (χ0n) is 14.7. The Morgan fingerprint density at radius 2 is 2.22 bits per heavy atom. The number of thioether (sulfide) groups is 1. The highest BCUT2D eigenvalue weighted by molar-refractivity contribution is 8.01. The number of nitrogens with one attached hydrogen (secondary N) is 1. The first-order valence-electron chi connectivity index (χ1n) is 8.37. The van der Waals surface area contributed by atoms with Crippen LogP contribution in [0.2, 0.25) is 0 Å². The molecule has 138 valence electrons. The minimum Gasteiger partial charge on any atom is -0.296 e. The van der Waals surface area contributed by atoms with Crippen LogP contribution in [0.3, 0.4) is 0 Å². The number of pyridine rings is 1. The average Bonchev–Trinajstić information content (AvgIpc) is 3.41. The molecule has 0 spiro atoms. The third-order valence-electron chi connectivity index (χ3n) is 3.82. The van der Waals surface area contributed by atoms with Crippen molar-refractivity contribution in [3.8, 4) is 10.6 Å². The van der Waals surface area contributed by atoms with Crippen LogP contribution in [0.5, 0.6) is 0 Å². The number of aryl methyl sites for hydroxylation is 1. The minimum atomic E-state index is -0.236. The van der Waals surface area contributed by atoms with Crippen LogP contribution in [0.25, 0.3) is 21.6 Å². The normalized spacial score (nSPS) is 11.2. The molecule has 4 aromatic heterocycles. The average molecular weight is 417 g/mol. The standard InChI is InChI=1S/C17H16N6OS3/c1-3-23-14-11(9-18-23)10(8-12(19-14)13-6-5-7-26-13)15(24)20-16-21-22-17(27-16)25-4-2/h5-9H,3-4H2,1-2H3,(H,20,21,24). The van der Waals surface area contributed by atoms with Crippen LogP contribution in [-0.4, -0.2) is 36.6 Å². The van der Waals surface area contributed by atoms with E-state index >= 15 is 0 Å². The second-order valence-corrected chi connectivity index (χ2v) is 8.93. The van der Waals surface area contributed by atoms with Crippen molar-refractivity contribution < 1.29 is 4.79 Å². The summed E-state index contributed by atoms with van der Waals surface area (Å²) in [6.07, 6.45) is 1.69. The molecule has 4 aromatic rings. The van der Waals surface area contributed by atoms with E-state index in [2.05, 4.69) is 27.5 Å². The molecule has 0 aromatic carbocycles. The Morgan fingerprint density at radius 3 is 2.96 bits per heavy atom. The molecular formula is C17H16N6OS3. The van der Waals surface area contributed by atoms with E-state index in [1.807, 2.05) is 30.5 Å². The summed E-state index contributed by atoms with van der Waals surface area (Å²) in [5.41, 5.74) is 1.99. The van der Waals surface area contributed by atoms with Crippen LogP contribution in [0, 0.1) is 0 Å². The van der Waals surface area contributed by atoms with Crippen LogP contribution in [0.15, 0.2) is 34.1 Å². The van der Waals surface area contributed by atoms with Crippen molar-refractivity contribution in [3.05, 3.63) is 35.3 Å². The maximum Gasteiger partial charge on any atom is 0.258 e. The van der Waals surface area contributed by atoms with E-state index in [0.29, 0.717) is 22.9 Å². The van der Waals surface area contributed by atoms with Crippen LogP contribution >= 0.6 is 34.4 Å². The monoisotopic (exact) mass is 416 g/mol. The van der Waals surface area contributed by atoms with Gasteiger partial charge in [-0.05, 0) is 30.2 Å². The number of thiophene rings is 1. The lowest BCUT2D eigenvalue weighted by molar-refractivity contribution is 0.102.